The molecule has 31 heavy (non-hydrogen) atoms. The largest absolute Gasteiger partial charge is 0.499 e. The Hall–Kier alpha value is -0.620. The van der Waals surface area contributed by atoms with Crippen molar-refractivity contribution in [2.45, 2.75) is 96.8 Å². The van der Waals surface area contributed by atoms with E-state index in [-0.39, 0.29) is 0 Å². The monoisotopic (exact) mass is 444 g/mol. The van der Waals surface area contributed by atoms with E-state index in [9.17, 15) is 0 Å². The smallest absolute Gasteiger partial charge is 0.111 e. The molecule has 0 radical (unpaired) electrons. The van der Waals surface area contributed by atoms with Crippen molar-refractivity contribution >= 4 is 0 Å². The number of hydrogen-bond donors (Lipinski definition) is 0. The second-order valence-corrected chi connectivity index (χ2v) is 8.08. The molecule has 0 unspecified atom stereocenters. The highest BCUT2D eigenvalue weighted by Gasteiger charge is 1.95. The number of ether oxygens (including phenoxy) is 5. The summed E-state index contributed by atoms with van der Waals surface area (Å²) in [5.41, 5.74) is 0. The van der Waals surface area contributed by atoms with E-state index in [1.807, 2.05) is 0 Å². The van der Waals surface area contributed by atoms with Crippen LogP contribution in [-0.2, 0) is 23.7 Å². The lowest BCUT2D eigenvalue weighted by atomic mass is 10.0. The van der Waals surface area contributed by atoms with Crippen LogP contribution in [0.5, 0.6) is 0 Å². The first-order valence-corrected chi connectivity index (χ1v) is 12.9. The van der Waals surface area contributed by atoms with Crippen LogP contribution in [0.15, 0.2) is 12.8 Å². The predicted molar refractivity (Wildman–Crippen MR) is 130 cm³/mol. The van der Waals surface area contributed by atoms with Crippen molar-refractivity contribution in [1.82, 2.24) is 0 Å². The minimum atomic E-state index is 0.534. The molecule has 0 aliphatic carbocycles. The summed E-state index contributed by atoms with van der Waals surface area (Å²) in [4.78, 5) is 0. The molecule has 0 aromatic carbocycles. The molecule has 0 atom stereocenters. The van der Waals surface area contributed by atoms with Crippen molar-refractivity contribution < 1.29 is 23.7 Å². The molecule has 0 fully saturated rings. The molecule has 0 N–H and O–H groups in total. The lowest BCUT2D eigenvalue weighted by molar-refractivity contribution is -0.00638. The zero-order chi connectivity index (χ0) is 22.5. The summed E-state index contributed by atoms with van der Waals surface area (Å²) in [6.07, 6.45) is 20.8. The van der Waals surface area contributed by atoms with Gasteiger partial charge in [0.2, 0.25) is 0 Å². The normalized spacial score (nSPS) is 11.1. The van der Waals surface area contributed by atoms with Gasteiger partial charge < -0.3 is 23.7 Å². The van der Waals surface area contributed by atoms with Gasteiger partial charge >= 0.3 is 0 Å². The predicted octanol–water partition coefficient (Wildman–Crippen LogP) is 6.69. The van der Waals surface area contributed by atoms with E-state index in [1.165, 1.54) is 96.2 Å². The molecule has 5 nitrogen and oxygen atoms in total. The van der Waals surface area contributed by atoms with E-state index in [0.717, 1.165) is 6.61 Å². The third-order valence-corrected chi connectivity index (χ3v) is 5.22. The van der Waals surface area contributed by atoms with Gasteiger partial charge in [-0.3, -0.25) is 0 Å². The van der Waals surface area contributed by atoms with Crippen LogP contribution in [0, 0.1) is 0 Å². The number of unbranched alkanes of at least 4 members (excludes halogenated alkanes) is 13. The van der Waals surface area contributed by atoms with Crippen LogP contribution in [0.4, 0.5) is 0 Å². The molecule has 0 aromatic heterocycles. The lowest BCUT2D eigenvalue weighted by Gasteiger charge is -2.07. The van der Waals surface area contributed by atoms with Crippen molar-refractivity contribution in [3.05, 3.63) is 12.8 Å². The van der Waals surface area contributed by atoms with Gasteiger partial charge in [0.25, 0.3) is 0 Å². The Morgan fingerprint density at radius 2 is 0.742 bits per heavy atom. The van der Waals surface area contributed by atoms with E-state index in [4.69, 9.17) is 23.7 Å². The highest BCUT2D eigenvalue weighted by molar-refractivity contribution is 4.49. The average Bonchev–Trinajstić information content (AvgIpc) is 2.78. The fourth-order valence-electron chi connectivity index (χ4n) is 3.35. The van der Waals surface area contributed by atoms with Crippen molar-refractivity contribution in [2.75, 3.05) is 59.5 Å². The van der Waals surface area contributed by atoms with Crippen LogP contribution in [0.1, 0.15) is 96.8 Å². The van der Waals surface area contributed by atoms with E-state index in [0.29, 0.717) is 52.9 Å². The van der Waals surface area contributed by atoms with Crippen LogP contribution in [-0.4, -0.2) is 59.5 Å². The van der Waals surface area contributed by atoms with Gasteiger partial charge in [-0.15, -0.1) is 0 Å². The Bertz CT molecular complexity index is 325. The third kappa shape index (κ3) is 29.4. The molecular weight excluding hydrogens is 392 g/mol. The molecule has 0 bridgehead atoms. The van der Waals surface area contributed by atoms with Crippen LogP contribution >= 0.6 is 0 Å². The molecule has 0 heterocycles. The van der Waals surface area contributed by atoms with Gasteiger partial charge in [0.1, 0.15) is 6.61 Å². The third-order valence-electron chi connectivity index (χ3n) is 5.22. The number of hydrogen-bond acceptors (Lipinski definition) is 5. The van der Waals surface area contributed by atoms with Crippen LogP contribution < -0.4 is 0 Å². The highest BCUT2D eigenvalue weighted by Crippen LogP contribution is 2.12. The van der Waals surface area contributed by atoms with E-state index >= 15 is 0 Å². The quantitative estimate of drug-likeness (QED) is 0.0993. The second-order valence-electron chi connectivity index (χ2n) is 8.08. The minimum absolute atomic E-state index is 0.534. The van der Waals surface area contributed by atoms with Crippen LogP contribution in [0.3, 0.4) is 0 Å². The molecule has 5 heteroatoms. The Labute approximate surface area is 193 Å². The first kappa shape index (κ1) is 30.4. The second kappa shape index (κ2) is 29.4. The highest BCUT2D eigenvalue weighted by atomic mass is 16.6. The van der Waals surface area contributed by atoms with Gasteiger partial charge in [0, 0.05) is 6.61 Å². The topological polar surface area (TPSA) is 46.2 Å². The summed E-state index contributed by atoms with van der Waals surface area (Å²) in [6.45, 7) is 11.3. The summed E-state index contributed by atoms with van der Waals surface area (Å²) in [5.74, 6) is 0. The molecule has 0 saturated heterocycles. The zero-order valence-corrected chi connectivity index (χ0v) is 20.6. The summed E-state index contributed by atoms with van der Waals surface area (Å²) >= 11 is 0. The Morgan fingerprint density at radius 1 is 0.419 bits per heavy atom. The van der Waals surface area contributed by atoms with Crippen molar-refractivity contribution in [1.29, 1.82) is 0 Å². The van der Waals surface area contributed by atoms with Gasteiger partial charge in [-0.05, 0) is 6.42 Å². The molecule has 0 aromatic rings. The summed E-state index contributed by atoms with van der Waals surface area (Å²) in [5, 5.41) is 0. The zero-order valence-electron chi connectivity index (χ0n) is 20.6. The van der Waals surface area contributed by atoms with E-state index in [2.05, 4.69) is 13.5 Å². The van der Waals surface area contributed by atoms with Crippen molar-refractivity contribution in [3.63, 3.8) is 0 Å². The molecule has 0 aliphatic rings. The maximum atomic E-state index is 5.63. The first-order valence-electron chi connectivity index (χ1n) is 12.9. The molecule has 0 aliphatic heterocycles. The van der Waals surface area contributed by atoms with Crippen LogP contribution in [0.25, 0.3) is 0 Å². The fraction of sp³-hybridized carbons (Fsp3) is 0.923. The lowest BCUT2D eigenvalue weighted by Crippen LogP contribution is -2.13. The van der Waals surface area contributed by atoms with Gasteiger partial charge in [-0.2, -0.15) is 0 Å². The number of rotatable bonds is 28. The minimum Gasteiger partial charge on any atom is -0.499 e. The van der Waals surface area contributed by atoms with E-state index in [1.54, 1.807) is 0 Å². The van der Waals surface area contributed by atoms with Crippen molar-refractivity contribution in [3.8, 4) is 0 Å². The summed E-state index contributed by atoms with van der Waals surface area (Å²) in [7, 11) is 0. The van der Waals surface area contributed by atoms with Gasteiger partial charge in [-0.25, -0.2) is 0 Å². The summed E-state index contributed by atoms with van der Waals surface area (Å²) in [6, 6.07) is 0. The molecule has 0 saturated carbocycles. The van der Waals surface area contributed by atoms with Gasteiger partial charge in [0.15, 0.2) is 0 Å². The molecule has 186 valence electrons. The standard InChI is InChI=1S/C26H52O5/c1-3-5-6-7-8-9-10-11-12-13-14-15-16-17-18-28-21-22-30-25-26-31-24-23-29-20-19-27-4-2/h4H,2-3,5-26H2,1H3. The SMILES string of the molecule is C=COCCOCCOCCOCCOCCCCCCCCCCCCCCCC. The molecular formula is C26H52O5. The van der Waals surface area contributed by atoms with Crippen LogP contribution in [0.2, 0.25) is 0 Å². The summed E-state index contributed by atoms with van der Waals surface area (Å²) < 4.78 is 26.8. The van der Waals surface area contributed by atoms with E-state index < -0.39 is 0 Å². The fourth-order valence-corrected chi connectivity index (χ4v) is 3.35. The maximum absolute atomic E-state index is 5.63. The van der Waals surface area contributed by atoms with Gasteiger partial charge in [-0.1, -0.05) is 97.0 Å². The van der Waals surface area contributed by atoms with Crippen molar-refractivity contribution in [2.24, 2.45) is 0 Å². The first-order chi connectivity index (χ1) is 15.4. The van der Waals surface area contributed by atoms with Gasteiger partial charge in [0.05, 0.1) is 52.5 Å². The molecule has 0 rings (SSSR count). The molecule has 0 amide bonds. The Balaban J connectivity index is 2.98. The average molecular weight is 445 g/mol. The Kier molecular flexibility index (Phi) is 28.8. The Morgan fingerprint density at radius 3 is 1.13 bits per heavy atom. The maximum Gasteiger partial charge on any atom is 0.111 e. The molecule has 0 spiro atoms.